The van der Waals surface area contributed by atoms with Gasteiger partial charge in [0.05, 0.1) is 17.0 Å². The number of Topliss-reactive ketones (excluding diaryl/α,β-unsaturated/α-hetero) is 2. The molecule has 23 heavy (non-hydrogen) atoms. The van der Waals surface area contributed by atoms with Crippen LogP contribution in [-0.2, 0) is 9.59 Å². The van der Waals surface area contributed by atoms with Gasteiger partial charge in [0.15, 0.2) is 0 Å². The molecule has 0 amide bonds. The molecule has 5 nitrogen and oxygen atoms in total. The highest BCUT2D eigenvalue weighted by Crippen LogP contribution is 2.34. The van der Waals surface area contributed by atoms with Gasteiger partial charge in [0.1, 0.15) is 12.4 Å². The van der Waals surface area contributed by atoms with E-state index in [9.17, 15) is 9.59 Å². The minimum Gasteiger partial charge on any atom is -0.489 e. The van der Waals surface area contributed by atoms with Crippen LogP contribution in [0.1, 0.15) is 6.92 Å². The Hall–Kier alpha value is -2.56. The number of benzene rings is 1. The van der Waals surface area contributed by atoms with Crippen molar-refractivity contribution in [3.8, 4) is 5.75 Å². The molecule has 118 valence electrons. The van der Waals surface area contributed by atoms with Crippen LogP contribution in [-0.4, -0.2) is 54.2 Å². The second-order valence-electron chi connectivity index (χ2n) is 6.03. The fourth-order valence-electron chi connectivity index (χ4n) is 2.91. The Morgan fingerprint density at radius 1 is 0.913 bits per heavy atom. The second-order valence-corrected chi connectivity index (χ2v) is 6.03. The van der Waals surface area contributed by atoms with E-state index in [1.807, 2.05) is 40.1 Å². The lowest BCUT2D eigenvalue weighted by atomic mass is 9.91. The van der Waals surface area contributed by atoms with Gasteiger partial charge < -0.3 is 14.5 Å². The van der Waals surface area contributed by atoms with E-state index in [-0.39, 0.29) is 18.2 Å². The highest BCUT2D eigenvalue weighted by atomic mass is 16.5. The number of para-hydroxylation sites is 1. The summed E-state index contributed by atoms with van der Waals surface area (Å²) in [5.74, 6) is 0.609. The summed E-state index contributed by atoms with van der Waals surface area (Å²) in [4.78, 5) is 29.5. The lowest BCUT2D eigenvalue weighted by molar-refractivity contribution is -0.118. The molecule has 0 radical (unpaired) electrons. The zero-order valence-corrected chi connectivity index (χ0v) is 13.0. The molecule has 1 aliphatic carbocycles. The third-order valence-corrected chi connectivity index (χ3v) is 4.34. The van der Waals surface area contributed by atoms with Crippen LogP contribution in [0.15, 0.2) is 52.9 Å². The Morgan fingerprint density at radius 2 is 1.52 bits per heavy atom. The molecule has 0 unspecified atom stereocenters. The fraction of sp³-hybridized carbons (Fsp3) is 0.333. The predicted octanol–water partition coefficient (Wildman–Crippen LogP) is 1.38. The van der Waals surface area contributed by atoms with Crippen molar-refractivity contribution in [3.63, 3.8) is 0 Å². The van der Waals surface area contributed by atoms with E-state index < -0.39 is 0 Å². The first-order chi connectivity index (χ1) is 11.2. The molecule has 0 N–H and O–H groups in total. The summed E-state index contributed by atoms with van der Waals surface area (Å²) in [5, 5.41) is 0. The summed E-state index contributed by atoms with van der Waals surface area (Å²) in [6.45, 7) is 5.23. The summed E-state index contributed by atoms with van der Waals surface area (Å²) in [5.41, 5.74) is 2.16. The number of hydrogen-bond donors (Lipinski definition) is 0. The van der Waals surface area contributed by atoms with Gasteiger partial charge in [0.25, 0.3) is 0 Å². The van der Waals surface area contributed by atoms with E-state index in [2.05, 4.69) is 0 Å². The number of carbonyl (C=O) groups is 2. The van der Waals surface area contributed by atoms with E-state index in [0.717, 1.165) is 26.2 Å². The van der Waals surface area contributed by atoms with E-state index in [4.69, 9.17) is 4.74 Å². The van der Waals surface area contributed by atoms with Crippen molar-refractivity contribution >= 4 is 11.6 Å². The molecule has 0 aromatic heterocycles. The van der Waals surface area contributed by atoms with Gasteiger partial charge in [0.2, 0.25) is 11.6 Å². The number of ether oxygens (including phenoxy) is 1. The maximum atomic E-state index is 12.9. The predicted molar refractivity (Wildman–Crippen MR) is 84.8 cm³/mol. The van der Waals surface area contributed by atoms with Gasteiger partial charge in [-0.25, -0.2) is 0 Å². The fourth-order valence-corrected chi connectivity index (χ4v) is 2.91. The lowest BCUT2D eigenvalue weighted by Crippen LogP contribution is -2.31. The quantitative estimate of drug-likeness (QED) is 0.607. The summed E-state index contributed by atoms with van der Waals surface area (Å²) in [6, 6.07) is 9.37. The summed E-state index contributed by atoms with van der Waals surface area (Å²) in [7, 11) is 0. The summed E-state index contributed by atoms with van der Waals surface area (Å²) >= 11 is 0. The highest BCUT2D eigenvalue weighted by Gasteiger charge is 2.42. The summed E-state index contributed by atoms with van der Waals surface area (Å²) in [6.07, 6.45) is 0. The normalized spacial score (nSPS) is 20.4. The molecule has 0 saturated carbocycles. The van der Waals surface area contributed by atoms with Crippen LogP contribution >= 0.6 is 0 Å². The molecule has 2 saturated heterocycles. The molecule has 0 atom stereocenters. The van der Waals surface area contributed by atoms with Gasteiger partial charge in [-0.1, -0.05) is 18.2 Å². The Labute approximate surface area is 134 Å². The van der Waals surface area contributed by atoms with Gasteiger partial charge in [-0.3, -0.25) is 9.59 Å². The first-order valence-corrected chi connectivity index (χ1v) is 7.88. The van der Waals surface area contributed by atoms with Crippen molar-refractivity contribution in [2.24, 2.45) is 0 Å². The third kappa shape index (κ3) is 2.52. The maximum Gasteiger partial charge on any atom is 0.211 e. The molecule has 3 aliphatic rings. The minimum atomic E-state index is -0.0579. The molecule has 0 bridgehead atoms. The topological polar surface area (TPSA) is 49.4 Å². The number of carbonyl (C=O) groups excluding carboxylic acids is 2. The average molecular weight is 310 g/mol. The van der Waals surface area contributed by atoms with Crippen LogP contribution in [0.3, 0.4) is 0 Å². The molecular weight excluding hydrogens is 292 g/mol. The minimum absolute atomic E-state index is 0.0318. The molecule has 1 aromatic carbocycles. The zero-order valence-electron chi connectivity index (χ0n) is 13.0. The Kier molecular flexibility index (Phi) is 3.22. The maximum absolute atomic E-state index is 12.9. The number of nitrogens with zero attached hydrogens (tertiary/aromatic N) is 2. The molecule has 2 aliphatic heterocycles. The van der Waals surface area contributed by atoms with Crippen LogP contribution in [0.25, 0.3) is 0 Å². The van der Waals surface area contributed by atoms with Crippen molar-refractivity contribution in [1.82, 2.24) is 9.80 Å². The van der Waals surface area contributed by atoms with Crippen molar-refractivity contribution in [2.75, 3.05) is 32.8 Å². The van der Waals surface area contributed by atoms with Crippen LogP contribution in [0.5, 0.6) is 5.75 Å². The SMILES string of the molecule is CC1=C(N2CC2)C(=O)C(COc2ccccc2)=C(N2CC2)C1=O. The molecule has 2 heterocycles. The molecule has 4 rings (SSSR count). The van der Waals surface area contributed by atoms with Crippen molar-refractivity contribution in [1.29, 1.82) is 0 Å². The lowest BCUT2D eigenvalue weighted by Gasteiger charge is -2.24. The molecule has 2 fully saturated rings. The van der Waals surface area contributed by atoms with Gasteiger partial charge in [-0.05, 0) is 19.1 Å². The Bertz CT molecular complexity index is 741. The number of ketones is 2. The van der Waals surface area contributed by atoms with Gasteiger partial charge in [0, 0.05) is 31.8 Å². The Balaban J connectivity index is 1.65. The number of allylic oxidation sites excluding steroid dienone is 2. The zero-order chi connectivity index (χ0) is 16.0. The van der Waals surface area contributed by atoms with E-state index >= 15 is 0 Å². The van der Waals surface area contributed by atoms with Crippen LogP contribution in [0.4, 0.5) is 0 Å². The third-order valence-electron chi connectivity index (χ3n) is 4.34. The van der Waals surface area contributed by atoms with Gasteiger partial charge in [-0.15, -0.1) is 0 Å². The molecule has 5 heteroatoms. The van der Waals surface area contributed by atoms with Crippen molar-refractivity contribution < 1.29 is 14.3 Å². The largest absolute Gasteiger partial charge is 0.489 e. The van der Waals surface area contributed by atoms with Crippen LogP contribution < -0.4 is 4.74 Å². The van der Waals surface area contributed by atoms with Crippen molar-refractivity contribution in [3.05, 3.63) is 52.9 Å². The standard InChI is InChI=1S/C18H18N2O3/c1-12-15(19-7-8-19)18(22)14(16(17(12)21)20-9-10-20)11-23-13-5-3-2-4-6-13/h2-6H,7-11H2,1H3. The molecular formula is C18H18N2O3. The monoisotopic (exact) mass is 310 g/mol. The summed E-state index contributed by atoms with van der Waals surface area (Å²) < 4.78 is 5.76. The van der Waals surface area contributed by atoms with Crippen molar-refractivity contribution in [2.45, 2.75) is 6.92 Å². The van der Waals surface area contributed by atoms with E-state index in [0.29, 0.717) is 28.3 Å². The first-order valence-electron chi connectivity index (χ1n) is 7.88. The average Bonchev–Trinajstić information content (AvgIpc) is 3.44. The number of rotatable bonds is 5. The van der Waals surface area contributed by atoms with E-state index in [1.165, 1.54) is 0 Å². The smallest absolute Gasteiger partial charge is 0.211 e. The first kappa shape index (κ1) is 14.1. The van der Waals surface area contributed by atoms with Crippen LogP contribution in [0, 0.1) is 0 Å². The second kappa shape index (κ2) is 5.26. The molecule has 1 aromatic rings. The Morgan fingerprint density at radius 3 is 2.13 bits per heavy atom. The highest BCUT2D eigenvalue weighted by molar-refractivity contribution is 6.24. The van der Waals surface area contributed by atoms with E-state index in [1.54, 1.807) is 6.92 Å². The van der Waals surface area contributed by atoms with Crippen LogP contribution in [0.2, 0.25) is 0 Å². The number of hydrogen-bond acceptors (Lipinski definition) is 5. The van der Waals surface area contributed by atoms with Gasteiger partial charge >= 0.3 is 0 Å². The van der Waals surface area contributed by atoms with Gasteiger partial charge in [-0.2, -0.15) is 0 Å². The molecule has 0 spiro atoms.